The van der Waals surface area contributed by atoms with E-state index in [1.807, 2.05) is 0 Å². The van der Waals surface area contributed by atoms with Crippen molar-refractivity contribution in [3.05, 3.63) is 93.6 Å². The largest absolute Gasteiger partial charge is 2.00 e. The van der Waals surface area contributed by atoms with Crippen LogP contribution in [0, 0.1) is 57.2 Å². The normalized spacial score (nSPS) is 16.4. The SMILES string of the molecule is C[C]1[CH][C](C)[N]c2ccc([N+](=O)[O-])cc2[N][C](C)[CH][C](C)[N]c2cc([N+](=O)[O-])ccc2[N]1.[Ni+2]. The fourth-order valence-electron chi connectivity index (χ4n) is 3.11. The standard InChI is InChI=1S/C22H20N6O4.Ni/c1-13-9-14(2)24-20-8-6-18(28(31)32)12-22(20)26-16(4)10-15(3)25-21-11-17(27(29)30)5-7-19(21)23-13;/h5-12H,1-4H3;/q;+2. The van der Waals surface area contributed by atoms with Crippen LogP contribution in [0.3, 0.4) is 0 Å². The fourth-order valence-corrected chi connectivity index (χ4v) is 3.11. The van der Waals surface area contributed by atoms with Gasteiger partial charge in [0.05, 0.1) is 56.8 Å². The quantitative estimate of drug-likeness (QED) is 0.339. The van der Waals surface area contributed by atoms with Crippen molar-refractivity contribution in [2.75, 3.05) is 0 Å². The molecule has 0 saturated heterocycles. The Bertz CT molecular complexity index is 927. The van der Waals surface area contributed by atoms with Crippen LogP contribution in [0.15, 0.2) is 36.4 Å². The number of fused-ring (bicyclic) bond motifs is 2. The van der Waals surface area contributed by atoms with Crippen molar-refractivity contribution in [1.82, 2.24) is 21.3 Å². The Morgan fingerprint density at radius 1 is 0.576 bits per heavy atom. The summed E-state index contributed by atoms with van der Waals surface area (Å²) in [6.45, 7) is 7.01. The first-order chi connectivity index (χ1) is 15.1. The average Bonchev–Trinajstić information content (AvgIpc) is 2.69. The Morgan fingerprint density at radius 2 is 0.879 bits per heavy atom. The Balaban J connectivity index is 0.00000385. The van der Waals surface area contributed by atoms with Crippen molar-refractivity contribution in [3.8, 4) is 0 Å². The minimum absolute atomic E-state index is 0. The molecule has 0 bridgehead atoms. The Morgan fingerprint density at radius 3 is 1.18 bits per heavy atom. The summed E-state index contributed by atoms with van der Waals surface area (Å²) in [6, 6.07) is 10.9. The van der Waals surface area contributed by atoms with Gasteiger partial charge in [-0.25, -0.2) is 0 Å². The van der Waals surface area contributed by atoms with Crippen molar-refractivity contribution >= 4 is 34.1 Å². The monoisotopic (exact) mass is 490 g/mol. The van der Waals surface area contributed by atoms with E-state index in [0.29, 0.717) is 46.9 Å². The molecule has 0 unspecified atom stereocenters. The molecule has 3 rings (SSSR count). The molecular weight excluding hydrogens is 471 g/mol. The summed E-state index contributed by atoms with van der Waals surface area (Å²) in [5, 5.41) is 40.5. The number of nitro benzene ring substituents is 2. The predicted molar refractivity (Wildman–Crippen MR) is 118 cm³/mol. The van der Waals surface area contributed by atoms with Crippen molar-refractivity contribution in [2.24, 2.45) is 0 Å². The molecule has 1 aliphatic rings. The van der Waals surface area contributed by atoms with E-state index in [-0.39, 0.29) is 27.9 Å². The number of nitro groups is 2. The van der Waals surface area contributed by atoms with E-state index < -0.39 is 9.85 Å². The van der Waals surface area contributed by atoms with Crippen LogP contribution in [-0.2, 0) is 16.5 Å². The molecule has 11 heteroatoms. The van der Waals surface area contributed by atoms with Crippen LogP contribution >= 0.6 is 0 Å². The second-order valence-electron chi connectivity index (χ2n) is 7.16. The first kappa shape index (κ1) is 26.2. The molecule has 0 amide bonds. The molecular formula is C22H20N6NiO4+2. The van der Waals surface area contributed by atoms with Crippen LogP contribution in [0.25, 0.3) is 0 Å². The Kier molecular flexibility index (Phi) is 8.87. The summed E-state index contributed by atoms with van der Waals surface area (Å²) in [5.74, 6) is 0. The minimum atomic E-state index is -0.490. The van der Waals surface area contributed by atoms with Crippen molar-refractivity contribution in [2.45, 2.75) is 27.7 Å². The smallest absolute Gasteiger partial charge is 0.274 e. The van der Waals surface area contributed by atoms with Crippen LogP contribution in [-0.4, -0.2) is 9.85 Å². The van der Waals surface area contributed by atoms with Gasteiger partial charge in [-0.2, -0.15) is 0 Å². The van der Waals surface area contributed by atoms with Crippen molar-refractivity contribution < 1.29 is 26.3 Å². The Hall–Kier alpha value is -3.07. The number of hydrogen-bond acceptors (Lipinski definition) is 4. The number of rotatable bonds is 2. The van der Waals surface area contributed by atoms with E-state index in [1.165, 1.54) is 24.3 Å². The van der Waals surface area contributed by atoms with Crippen LogP contribution in [0.1, 0.15) is 27.7 Å². The number of benzene rings is 2. The van der Waals surface area contributed by atoms with Gasteiger partial charge in [0.15, 0.2) is 0 Å². The van der Waals surface area contributed by atoms with Crippen LogP contribution in [0.5, 0.6) is 0 Å². The van der Waals surface area contributed by atoms with Gasteiger partial charge in [-0.3, -0.25) is 41.5 Å². The van der Waals surface area contributed by atoms with Gasteiger partial charge in [0.25, 0.3) is 11.4 Å². The predicted octanol–water partition coefficient (Wildman–Crippen LogP) is 4.77. The third-order valence-electron chi connectivity index (χ3n) is 4.36. The van der Waals surface area contributed by atoms with Gasteiger partial charge < -0.3 is 0 Å². The summed E-state index contributed by atoms with van der Waals surface area (Å²) in [4.78, 5) is 21.4. The number of nitrogens with zero attached hydrogens (tertiary/aromatic N) is 6. The molecule has 2 aromatic carbocycles. The van der Waals surface area contributed by atoms with E-state index >= 15 is 0 Å². The molecule has 1 heterocycles. The maximum Gasteiger partial charge on any atom is 2.00 e. The van der Waals surface area contributed by atoms with Gasteiger partial charge >= 0.3 is 16.5 Å². The molecule has 2 aromatic rings. The topological polar surface area (TPSA) is 143 Å². The molecule has 10 radical (unpaired) electrons. The van der Waals surface area contributed by atoms with E-state index in [9.17, 15) is 20.2 Å². The third-order valence-corrected chi connectivity index (χ3v) is 4.36. The number of hydrogen-bond donors (Lipinski definition) is 0. The van der Waals surface area contributed by atoms with Crippen LogP contribution < -0.4 is 21.3 Å². The molecule has 170 valence electrons. The first-order valence-corrected chi connectivity index (χ1v) is 9.60. The third kappa shape index (κ3) is 6.96. The Labute approximate surface area is 203 Å². The summed E-state index contributed by atoms with van der Waals surface area (Å²) < 4.78 is 0. The molecule has 0 saturated carbocycles. The summed E-state index contributed by atoms with van der Waals surface area (Å²) in [7, 11) is 0. The van der Waals surface area contributed by atoms with E-state index in [0.717, 1.165) is 0 Å². The van der Waals surface area contributed by atoms with E-state index in [4.69, 9.17) is 0 Å². The molecule has 10 nitrogen and oxygen atoms in total. The molecule has 0 spiro atoms. The van der Waals surface area contributed by atoms with Gasteiger partial charge in [0.2, 0.25) is 0 Å². The minimum Gasteiger partial charge on any atom is -0.274 e. The molecule has 0 aliphatic carbocycles. The molecule has 0 fully saturated rings. The van der Waals surface area contributed by atoms with Gasteiger partial charge in [-0.1, -0.05) is 0 Å². The zero-order valence-electron chi connectivity index (χ0n) is 18.3. The average molecular weight is 491 g/mol. The van der Waals surface area contributed by atoms with Crippen LogP contribution in [0.4, 0.5) is 34.1 Å². The number of non-ortho nitro benzene ring substituents is 2. The first-order valence-electron chi connectivity index (χ1n) is 9.60. The molecule has 0 aromatic heterocycles. The van der Waals surface area contributed by atoms with Crippen LogP contribution in [0.2, 0.25) is 0 Å². The zero-order valence-corrected chi connectivity index (χ0v) is 19.2. The van der Waals surface area contributed by atoms with E-state index in [1.54, 1.807) is 52.7 Å². The second kappa shape index (κ2) is 11.2. The van der Waals surface area contributed by atoms with Gasteiger partial charge in [-0.05, 0) is 39.8 Å². The summed E-state index contributed by atoms with van der Waals surface area (Å²) in [5.41, 5.74) is 1.46. The van der Waals surface area contributed by atoms with Crippen molar-refractivity contribution in [1.29, 1.82) is 0 Å². The van der Waals surface area contributed by atoms with Gasteiger partial charge in [-0.15, -0.1) is 0 Å². The van der Waals surface area contributed by atoms with Gasteiger partial charge in [0.1, 0.15) is 0 Å². The molecule has 0 N–H and O–H groups in total. The van der Waals surface area contributed by atoms with Gasteiger partial charge in [0, 0.05) is 37.1 Å². The fraction of sp³-hybridized carbons (Fsp3) is 0.182. The second-order valence-corrected chi connectivity index (χ2v) is 7.16. The molecule has 1 aliphatic heterocycles. The zero-order chi connectivity index (χ0) is 23.4. The maximum absolute atomic E-state index is 11.2. The maximum atomic E-state index is 11.2. The molecule has 33 heavy (non-hydrogen) atoms. The van der Waals surface area contributed by atoms with E-state index in [2.05, 4.69) is 21.3 Å². The molecule has 0 atom stereocenters. The summed E-state index contributed by atoms with van der Waals surface area (Å²) >= 11 is 0. The van der Waals surface area contributed by atoms with Crippen molar-refractivity contribution in [3.63, 3.8) is 0 Å². The summed E-state index contributed by atoms with van der Waals surface area (Å²) in [6.07, 6.45) is 3.41.